The number of β-amino-alcohol motifs (C(OH)–C–C–N with tert-alkyl or cyclic N) is 1. The molecule has 1 fully saturated rings. The average Bonchev–Trinajstić information content (AvgIpc) is 3.02. The molecule has 0 radical (unpaired) electrons. The van der Waals surface area contributed by atoms with Crippen LogP contribution < -0.4 is 9.47 Å². The number of para-hydroxylation sites is 1. The second-order valence-corrected chi connectivity index (χ2v) is 6.25. The minimum absolute atomic E-state index is 0.199. The van der Waals surface area contributed by atoms with E-state index in [1.54, 1.807) is 35.2 Å². The Morgan fingerprint density at radius 1 is 1.16 bits per heavy atom. The third kappa shape index (κ3) is 2.93. The van der Waals surface area contributed by atoms with Crippen LogP contribution in [0.5, 0.6) is 11.5 Å². The lowest BCUT2D eigenvalue weighted by atomic mass is 10.0. The number of fused-ring (bicyclic) bond motifs is 1. The van der Waals surface area contributed by atoms with E-state index in [1.807, 2.05) is 0 Å². The van der Waals surface area contributed by atoms with Crippen molar-refractivity contribution in [1.29, 1.82) is 0 Å². The number of carbonyl (C=O) groups is 1. The van der Waals surface area contributed by atoms with Crippen LogP contribution in [-0.2, 0) is 0 Å². The molecule has 2 aromatic rings. The predicted octanol–water partition coefficient (Wildman–Crippen LogP) is 2.55. The quantitative estimate of drug-likeness (QED) is 0.910. The van der Waals surface area contributed by atoms with Gasteiger partial charge in [0, 0.05) is 6.54 Å². The number of amides is 1. The first-order chi connectivity index (χ1) is 12.1. The summed E-state index contributed by atoms with van der Waals surface area (Å²) in [4.78, 5) is 14.7. The highest BCUT2D eigenvalue weighted by Gasteiger charge is 2.37. The summed E-state index contributed by atoms with van der Waals surface area (Å²) in [6.07, 6.45) is -0.268. The van der Waals surface area contributed by atoms with Gasteiger partial charge in [0.25, 0.3) is 5.91 Å². The molecular formula is C19H18FNO4. The summed E-state index contributed by atoms with van der Waals surface area (Å²) in [5.74, 6) is 0.352. The highest BCUT2D eigenvalue weighted by Crippen LogP contribution is 2.38. The highest BCUT2D eigenvalue weighted by atomic mass is 19.1. The lowest BCUT2D eigenvalue weighted by Gasteiger charge is -2.27. The van der Waals surface area contributed by atoms with Gasteiger partial charge >= 0.3 is 0 Å². The normalized spacial score (nSPS) is 22.1. The molecule has 130 valence electrons. The van der Waals surface area contributed by atoms with E-state index in [1.165, 1.54) is 12.1 Å². The van der Waals surface area contributed by atoms with Crippen LogP contribution in [0.15, 0.2) is 42.5 Å². The van der Waals surface area contributed by atoms with E-state index in [4.69, 9.17) is 9.47 Å². The number of benzene rings is 2. The molecule has 4 rings (SSSR count). The van der Waals surface area contributed by atoms with E-state index in [0.717, 1.165) is 0 Å². The Labute approximate surface area is 144 Å². The van der Waals surface area contributed by atoms with Gasteiger partial charge in [0.15, 0.2) is 11.5 Å². The Balaban J connectivity index is 1.69. The van der Waals surface area contributed by atoms with Gasteiger partial charge in [-0.05, 0) is 36.2 Å². The molecular weight excluding hydrogens is 325 g/mol. The maximum absolute atomic E-state index is 13.6. The molecule has 2 aromatic carbocycles. The number of ether oxygens (including phenoxy) is 2. The van der Waals surface area contributed by atoms with Gasteiger partial charge in [0.05, 0.1) is 17.7 Å². The zero-order valence-electron chi connectivity index (χ0n) is 13.5. The molecule has 0 unspecified atom stereocenters. The third-order valence-electron chi connectivity index (χ3n) is 4.57. The fourth-order valence-electron chi connectivity index (χ4n) is 3.46. The van der Waals surface area contributed by atoms with Crippen molar-refractivity contribution in [3.05, 3.63) is 59.4 Å². The van der Waals surface area contributed by atoms with Gasteiger partial charge in [-0.15, -0.1) is 0 Å². The summed E-state index contributed by atoms with van der Waals surface area (Å²) in [7, 11) is 0. The lowest BCUT2D eigenvalue weighted by Crippen LogP contribution is -2.32. The number of aliphatic hydroxyl groups excluding tert-OH is 1. The van der Waals surface area contributed by atoms with Crippen LogP contribution in [0, 0.1) is 5.82 Å². The molecule has 2 aliphatic heterocycles. The number of halogens is 1. The van der Waals surface area contributed by atoms with Crippen LogP contribution in [0.4, 0.5) is 4.39 Å². The van der Waals surface area contributed by atoms with Gasteiger partial charge in [-0.25, -0.2) is 4.39 Å². The van der Waals surface area contributed by atoms with Gasteiger partial charge in [-0.1, -0.05) is 18.2 Å². The van der Waals surface area contributed by atoms with Gasteiger partial charge in [0.2, 0.25) is 0 Å². The molecule has 1 saturated heterocycles. The van der Waals surface area contributed by atoms with E-state index in [9.17, 15) is 14.3 Å². The Morgan fingerprint density at radius 2 is 1.96 bits per heavy atom. The number of hydrogen-bond donors (Lipinski definition) is 1. The number of rotatable bonds is 2. The fraction of sp³-hybridized carbons (Fsp3) is 0.316. The molecule has 2 heterocycles. The first-order valence-electron chi connectivity index (χ1n) is 8.26. The van der Waals surface area contributed by atoms with Crippen LogP contribution in [0.3, 0.4) is 0 Å². The molecule has 0 bridgehead atoms. The van der Waals surface area contributed by atoms with Crippen molar-refractivity contribution in [3.8, 4) is 11.5 Å². The van der Waals surface area contributed by atoms with E-state index in [-0.39, 0.29) is 24.3 Å². The Bertz CT molecular complexity index is 810. The van der Waals surface area contributed by atoms with Crippen LogP contribution >= 0.6 is 0 Å². The fourth-order valence-corrected chi connectivity index (χ4v) is 3.46. The number of likely N-dealkylation sites (tertiary alicyclic amines) is 1. The molecule has 0 saturated carbocycles. The number of carbonyl (C=O) groups excluding carboxylic acids is 1. The summed E-state index contributed by atoms with van der Waals surface area (Å²) < 4.78 is 24.7. The molecule has 0 aromatic heterocycles. The smallest absolute Gasteiger partial charge is 0.258 e. The second kappa shape index (κ2) is 6.37. The summed E-state index contributed by atoms with van der Waals surface area (Å²) in [6, 6.07) is 11.0. The Morgan fingerprint density at radius 3 is 2.80 bits per heavy atom. The standard InChI is InChI=1S/C19H18FNO4/c20-13-4-1-3-12(9-13)16-10-14(22)11-21(16)19(23)15-5-2-6-17-18(15)25-8-7-24-17/h1-6,9,14,16,22H,7-8,10-11H2/t14-,16-/m0/s1. The molecule has 5 nitrogen and oxygen atoms in total. The minimum Gasteiger partial charge on any atom is -0.486 e. The van der Waals surface area contributed by atoms with Crippen LogP contribution in [-0.4, -0.2) is 41.8 Å². The van der Waals surface area contributed by atoms with Crippen LogP contribution in [0.25, 0.3) is 0 Å². The molecule has 0 spiro atoms. The van der Waals surface area contributed by atoms with Gasteiger partial charge in [0.1, 0.15) is 19.0 Å². The topological polar surface area (TPSA) is 59.0 Å². The largest absolute Gasteiger partial charge is 0.486 e. The maximum atomic E-state index is 13.6. The van der Waals surface area contributed by atoms with Gasteiger partial charge in [-0.2, -0.15) is 0 Å². The van der Waals surface area contributed by atoms with E-state index >= 15 is 0 Å². The first-order valence-corrected chi connectivity index (χ1v) is 8.26. The molecule has 6 heteroatoms. The van der Waals surface area contributed by atoms with E-state index in [2.05, 4.69) is 0 Å². The first kappa shape index (κ1) is 15.9. The third-order valence-corrected chi connectivity index (χ3v) is 4.57. The average molecular weight is 343 g/mol. The second-order valence-electron chi connectivity index (χ2n) is 6.25. The highest BCUT2D eigenvalue weighted by molar-refractivity contribution is 5.98. The van der Waals surface area contributed by atoms with Crippen molar-refractivity contribution in [1.82, 2.24) is 4.90 Å². The summed E-state index contributed by atoms with van der Waals surface area (Å²) >= 11 is 0. The molecule has 2 atom stereocenters. The molecule has 1 N–H and O–H groups in total. The SMILES string of the molecule is O=C(c1cccc2c1OCCO2)N1C[C@@H](O)C[C@H]1c1cccc(F)c1. The van der Waals surface area contributed by atoms with Gasteiger partial charge in [-0.3, -0.25) is 4.79 Å². The predicted molar refractivity (Wildman–Crippen MR) is 88.2 cm³/mol. The van der Waals surface area contributed by atoms with Crippen molar-refractivity contribution in [2.45, 2.75) is 18.6 Å². The Hall–Kier alpha value is -2.60. The lowest BCUT2D eigenvalue weighted by molar-refractivity contribution is 0.0705. The van der Waals surface area contributed by atoms with Crippen molar-refractivity contribution < 1.29 is 23.8 Å². The zero-order valence-corrected chi connectivity index (χ0v) is 13.5. The van der Waals surface area contributed by atoms with Crippen LogP contribution in [0.1, 0.15) is 28.4 Å². The number of aliphatic hydroxyl groups is 1. The van der Waals surface area contributed by atoms with E-state index < -0.39 is 6.10 Å². The van der Waals surface area contributed by atoms with E-state index in [0.29, 0.717) is 42.3 Å². The number of nitrogens with zero attached hydrogens (tertiary/aromatic N) is 1. The monoisotopic (exact) mass is 343 g/mol. The van der Waals surface area contributed by atoms with Crippen molar-refractivity contribution >= 4 is 5.91 Å². The molecule has 1 amide bonds. The molecule has 2 aliphatic rings. The number of hydrogen-bond acceptors (Lipinski definition) is 4. The van der Waals surface area contributed by atoms with Crippen LogP contribution in [0.2, 0.25) is 0 Å². The van der Waals surface area contributed by atoms with Crippen molar-refractivity contribution in [2.75, 3.05) is 19.8 Å². The minimum atomic E-state index is -0.645. The summed E-state index contributed by atoms with van der Waals surface area (Å²) in [5, 5.41) is 10.1. The maximum Gasteiger partial charge on any atom is 0.258 e. The van der Waals surface area contributed by atoms with Crippen molar-refractivity contribution in [2.24, 2.45) is 0 Å². The van der Waals surface area contributed by atoms with Crippen molar-refractivity contribution in [3.63, 3.8) is 0 Å². The Kier molecular flexibility index (Phi) is 4.05. The molecule has 0 aliphatic carbocycles. The zero-order chi connectivity index (χ0) is 17.4. The summed E-state index contributed by atoms with van der Waals surface area (Å²) in [5.41, 5.74) is 1.07. The van der Waals surface area contributed by atoms with Gasteiger partial charge < -0.3 is 19.5 Å². The summed E-state index contributed by atoms with van der Waals surface area (Å²) in [6.45, 7) is 1.02. The molecule has 25 heavy (non-hydrogen) atoms.